The minimum absolute atomic E-state index is 0.0632. The molecule has 1 fully saturated rings. The van der Waals surface area contributed by atoms with Gasteiger partial charge in [-0.1, -0.05) is 48.0 Å². The van der Waals surface area contributed by atoms with Gasteiger partial charge in [0.1, 0.15) is 15.8 Å². The molecule has 1 aliphatic heterocycles. The van der Waals surface area contributed by atoms with E-state index in [0.717, 1.165) is 11.8 Å². The van der Waals surface area contributed by atoms with Crippen LogP contribution in [0.25, 0.3) is 17.0 Å². The Morgan fingerprint density at radius 3 is 2.70 bits per heavy atom. The van der Waals surface area contributed by atoms with Gasteiger partial charge < -0.3 is 14.5 Å². The Balaban J connectivity index is 1.69. The van der Waals surface area contributed by atoms with Crippen molar-refractivity contribution in [1.82, 2.24) is 10.3 Å². The molecule has 0 aliphatic carbocycles. The monoisotopic (exact) mass is 446 g/mol. The van der Waals surface area contributed by atoms with Crippen molar-refractivity contribution in [1.29, 1.82) is 0 Å². The van der Waals surface area contributed by atoms with Crippen molar-refractivity contribution in [3.05, 3.63) is 64.5 Å². The molecule has 1 aromatic carbocycles. The molecule has 150 valence electrons. The number of aromatic nitrogens is 1. The molecule has 0 atom stereocenters. The van der Waals surface area contributed by atoms with Crippen molar-refractivity contribution < 1.29 is 27.1 Å². The second-order valence-electron chi connectivity index (χ2n) is 5.90. The zero-order chi connectivity index (χ0) is 21.3. The predicted octanol–water partition coefficient (Wildman–Crippen LogP) is 4.62. The van der Waals surface area contributed by atoms with Crippen LogP contribution in [0.4, 0.5) is 13.2 Å². The summed E-state index contributed by atoms with van der Waals surface area (Å²) < 4.78 is 47.9. The van der Waals surface area contributed by atoms with Gasteiger partial charge in [0.25, 0.3) is 5.91 Å². The first kappa shape index (κ1) is 20.0. The third kappa shape index (κ3) is 4.48. The van der Waals surface area contributed by atoms with Crippen molar-refractivity contribution in [2.75, 3.05) is 0 Å². The van der Waals surface area contributed by atoms with Gasteiger partial charge in [-0.3, -0.25) is 9.78 Å². The molecule has 1 N–H and O–H groups in total. The molecule has 2 aromatic heterocycles. The second kappa shape index (κ2) is 7.85. The third-order valence-electron chi connectivity index (χ3n) is 3.80. The molecular weight excluding hydrogens is 437 g/mol. The normalized spacial score (nSPS) is 15.2. The van der Waals surface area contributed by atoms with Crippen LogP contribution in [0.2, 0.25) is 0 Å². The number of pyridine rings is 1. The molecular formula is C20H9F3N2O3S2. The number of ether oxygens (including phenoxy) is 1. The first-order valence-electron chi connectivity index (χ1n) is 8.28. The van der Waals surface area contributed by atoms with E-state index in [9.17, 15) is 18.0 Å². The average molecular weight is 446 g/mol. The topological polar surface area (TPSA) is 64.4 Å². The Labute approximate surface area is 177 Å². The van der Waals surface area contributed by atoms with E-state index < -0.39 is 12.1 Å². The van der Waals surface area contributed by atoms with Gasteiger partial charge in [-0.25, -0.2) is 0 Å². The summed E-state index contributed by atoms with van der Waals surface area (Å²) in [5.74, 6) is 5.11. The fraction of sp³-hybridized carbons (Fsp3) is 0.0500. The molecule has 1 amide bonds. The summed E-state index contributed by atoms with van der Waals surface area (Å²) in [6.45, 7) is 0. The maximum atomic E-state index is 12.6. The van der Waals surface area contributed by atoms with E-state index in [4.69, 9.17) is 16.6 Å². The number of alkyl halides is 3. The average Bonchev–Trinajstić information content (AvgIpc) is 3.22. The fourth-order valence-electron chi connectivity index (χ4n) is 2.61. The van der Waals surface area contributed by atoms with E-state index in [1.54, 1.807) is 24.4 Å². The Morgan fingerprint density at radius 1 is 1.20 bits per heavy atom. The Kier molecular flexibility index (Phi) is 5.24. The van der Waals surface area contributed by atoms with Crippen molar-refractivity contribution >= 4 is 51.3 Å². The number of hydrogen-bond acceptors (Lipinski definition) is 6. The van der Waals surface area contributed by atoms with Crippen LogP contribution in [0, 0.1) is 11.8 Å². The highest BCUT2D eigenvalue weighted by Crippen LogP contribution is 2.29. The highest BCUT2D eigenvalue weighted by molar-refractivity contribution is 8.26. The number of thiocarbonyl (C=S) groups is 1. The summed E-state index contributed by atoms with van der Waals surface area (Å²) in [5.41, 5.74) is 0.829. The molecule has 30 heavy (non-hydrogen) atoms. The number of carbonyl (C=O) groups excluding carboxylic acids is 1. The summed E-state index contributed by atoms with van der Waals surface area (Å²) in [6, 6.07) is 7.25. The van der Waals surface area contributed by atoms with Gasteiger partial charge in [-0.15, -0.1) is 13.2 Å². The maximum Gasteiger partial charge on any atom is 0.573 e. The SMILES string of the molecule is O=C1NC(=S)S/C1=C\c1cc2cncc(C#Cc3ccccc3OC(F)(F)F)c2o1. The van der Waals surface area contributed by atoms with E-state index in [0.29, 0.717) is 31.5 Å². The van der Waals surface area contributed by atoms with Gasteiger partial charge >= 0.3 is 6.36 Å². The van der Waals surface area contributed by atoms with Crippen LogP contribution < -0.4 is 10.1 Å². The zero-order valence-corrected chi connectivity index (χ0v) is 16.4. The third-order valence-corrected chi connectivity index (χ3v) is 4.96. The smallest absolute Gasteiger partial charge is 0.455 e. The molecule has 0 saturated carbocycles. The van der Waals surface area contributed by atoms with E-state index in [2.05, 4.69) is 26.9 Å². The Morgan fingerprint density at radius 2 is 1.97 bits per heavy atom. The van der Waals surface area contributed by atoms with E-state index in [1.165, 1.54) is 24.4 Å². The standard InChI is InChI=1S/C20H9F3N2O3S2/c21-20(22,23)28-15-4-2-1-3-11(15)5-6-12-9-24-10-13-7-14(27-17(12)13)8-16-18(26)25-19(29)30-16/h1-4,7-10H,(H,25,26,29)/b16-8-. The number of rotatable bonds is 2. The number of halogens is 3. The summed E-state index contributed by atoms with van der Waals surface area (Å²) in [7, 11) is 0. The number of carbonyl (C=O) groups is 1. The van der Waals surface area contributed by atoms with E-state index >= 15 is 0 Å². The lowest BCUT2D eigenvalue weighted by molar-refractivity contribution is -0.274. The summed E-state index contributed by atoms with van der Waals surface area (Å²) >= 11 is 6.07. The largest absolute Gasteiger partial charge is 0.573 e. The number of benzene rings is 1. The summed E-state index contributed by atoms with van der Waals surface area (Å²) in [6.07, 6.45) is -0.285. The Hall–Kier alpha value is -3.29. The highest BCUT2D eigenvalue weighted by atomic mass is 32.2. The number of nitrogens with one attached hydrogen (secondary N) is 1. The second-order valence-corrected chi connectivity index (χ2v) is 7.62. The van der Waals surface area contributed by atoms with Crippen molar-refractivity contribution in [2.24, 2.45) is 0 Å². The molecule has 0 bridgehead atoms. The van der Waals surface area contributed by atoms with Crippen LogP contribution in [0.5, 0.6) is 5.75 Å². The van der Waals surface area contributed by atoms with Crippen molar-refractivity contribution in [3.8, 4) is 17.6 Å². The molecule has 3 heterocycles. The fourth-order valence-corrected chi connectivity index (χ4v) is 3.64. The molecule has 4 rings (SSSR count). The van der Waals surface area contributed by atoms with Gasteiger partial charge in [0.15, 0.2) is 5.58 Å². The Bertz CT molecular complexity index is 1270. The van der Waals surface area contributed by atoms with Gasteiger partial charge in [-0.2, -0.15) is 0 Å². The molecule has 0 radical (unpaired) electrons. The molecule has 0 unspecified atom stereocenters. The van der Waals surface area contributed by atoms with Crippen LogP contribution in [0.15, 0.2) is 52.0 Å². The minimum atomic E-state index is -4.82. The van der Waals surface area contributed by atoms with Gasteiger partial charge in [0.2, 0.25) is 0 Å². The maximum absolute atomic E-state index is 12.6. The predicted molar refractivity (Wildman–Crippen MR) is 109 cm³/mol. The van der Waals surface area contributed by atoms with Crippen molar-refractivity contribution in [3.63, 3.8) is 0 Å². The minimum Gasteiger partial charge on any atom is -0.455 e. The first-order valence-corrected chi connectivity index (χ1v) is 9.50. The van der Waals surface area contributed by atoms with Gasteiger partial charge in [0, 0.05) is 23.9 Å². The van der Waals surface area contributed by atoms with Crippen LogP contribution in [-0.2, 0) is 4.79 Å². The lowest BCUT2D eigenvalue weighted by atomic mass is 10.1. The van der Waals surface area contributed by atoms with Gasteiger partial charge in [0.05, 0.1) is 16.0 Å². The van der Waals surface area contributed by atoms with Crippen LogP contribution in [-0.4, -0.2) is 21.6 Å². The molecule has 1 saturated heterocycles. The molecule has 1 aliphatic rings. The summed E-state index contributed by atoms with van der Waals surface area (Å²) in [4.78, 5) is 16.3. The molecule has 10 heteroatoms. The molecule has 0 spiro atoms. The number of fused-ring (bicyclic) bond motifs is 1. The number of para-hydroxylation sites is 1. The van der Waals surface area contributed by atoms with E-state index in [1.807, 2.05) is 0 Å². The van der Waals surface area contributed by atoms with E-state index in [-0.39, 0.29) is 11.5 Å². The van der Waals surface area contributed by atoms with Crippen LogP contribution >= 0.6 is 24.0 Å². The molecule has 5 nitrogen and oxygen atoms in total. The number of nitrogens with zero attached hydrogens (tertiary/aromatic N) is 1. The lowest BCUT2D eigenvalue weighted by Gasteiger charge is -2.09. The number of furan rings is 1. The number of hydrogen-bond donors (Lipinski definition) is 1. The highest BCUT2D eigenvalue weighted by Gasteiger charge is 2.31. The first-order chi connectivity index (χ1) is 14.3. The quantitative estimate of drug-likeness (QED) is 0.352. The van der Waals surface area contributed by atoms with Crippen LogP contribution in [0.3, 0.4) is 0 Å². The summed E-state index contributed by atoms with van der Waals surface area (Å²) in [5, 5.41) is 3.14. The van der Waals surface area contributed by atoms with Crippen LogP contribution in [0.1, 0.15) is 16.9 Å². The molecule has 3 aromatic rings. The number of thioether (sulfide) groups is 1. The van der Waals surface area contributed by atoms with Gasteiger partial charge in [-0.05, 0) is 18.2 Å². The zero-order valence-electron chi connectivity index (χ0n) is 14.7. The van der Waals surface area contributed by atoms with Crippen molar-refractivity contribution in [2.45, 2.75) is 6.36 Å². The lowest BCUT2D eigenvalue weighted by Crippen LogP contribution is -2.17. The number of amides is 1.